The van der Waals surface area contributed by atoms with E-state index in [-0.39, 0.29) is 17.7 Å². The molecule has 1 unspecified atom stereocenters. The van der Waals surface area contributed by atoms with E-state index in [0.29, 0.717) is 29.7 Å². The molecule has 0 aromatic heterocycles. The first-order valence-corrected chi connectivity index (χ1v) is 8.86. The summed E-state index contributed by atoms with van der Waals surface area (Å²) in [7, 11) is 0. The topological polar surface area (TPSA) is 37.4 Å². The number of likely N-dealkylation sites (tertiary alicyclic amines) is 1. The third-order valence-electron chi connectivity index (χ3n) is 4.92. The number of carbonyl (C=O) groups excluding carboxylic acids is 2. The third-order valence-corrected chi connectivity index (χ3v) is 4.92. The van der Waals surface area contributed by atoms with Crippen LogP contribution in [0.15, 0.2) is 48.5 Å². The lowest BCUT2D eigenvalue weighted by molar-refractivity contribution is -0.137. The van der Waals surface area contributed by atoms with E-state index in [2.05, 4.69) is 0 Å². The quantitative estimate of drug-likeness (QED) is 0.685. The summed E-state index contributed by atoms with van der Waals surface area (Å²) in [6, 6.07) is 11.3. The van der Waals surface area contributed by atoms with Gasteiger partial charge in [-0.3, -0.25) is 9.59 Å². The first-order valence-electron chi connectivity index (χ1n) is 8.86. The first kappa shape index (κ1) is 19.1. The molecule has 0 aliphatic carbocycles. The van der Waals surface area contributed by atoms with Crippen LogP contribution in [0.25, 0.3) is 0 Å². The Kier molecular flexibility index (Phi) is 5.35. The van der Waals surface area contributed by atoms with Crippen LogP contribution in [-0.2, 0) is 6.18 Å². The lowest BCUT2D eigenvalue weighted by Gasteiger charge is -2.36. The number of Topliss-reactive ketones (excluding diaryl/α,β-unsaturated/α-hetero) is 1. The summed E-state index contributed by atoms with van der Waals surface area (Å²) in [5.41, 5.74) is 1.01. The van der Waals surface area contributed by atoms with Crippen molar-refractivity contribution in [3.63, 3.8) is 0 Å². The minimum Gasteiger partial charge on any atom is -0.332 e. The highest BCUT2D eigenvalue weighted by Crippen LogP contribution is 2.35. The number of carbonyl (C=O) groups is 2. The predicted octanol–water partition coefficient (Wildman–Crippen LogP) is 5.28. The third kappa shape index (κ3) is 4.21. The zero-order valence-corrected chi connectivity index (χ0v) is 14.9. The molecule has 2 aromatic rings. The Morgan fingerprint density at radius 2 is 1.52 bits per heavy atom. The molecule has 1 amide bonds. The molecule has 0 spiro atoms. The normalized spacial score (nSPS) is 17.6. The molecule has 3 nitrogen and oxygen atoms in total. The summed E-state index contributed by atoms with van der Waals surface area (Å²) >= 11 is 0. The smallest absolute Gasteiger partial charge is 0.332 e. The zero-order chi connectivity index (χ0) is 19.6. The van der Waals surface area contributed by atoms with Crippen LogP contribution in [0.5, 0.6) is 0 Å². The van der Waals surface area contributed by atoms with Crippen molar-refractivity contribution in [1.82, 2.24) is 4.90 Å². The van der Waals surface area contributed by atoms with Gasteiger partial charge < -0.3 is 4.90 Å². The molecule has 1 aliphatic rings. The zero-order valence-electron chi connectivity index (χ0n) is 14.9. The number of nitrogens with zero attached hydrogens (tertiary/aromatic N) is 1. The van der Waals surface area contributed by atoms with Gasteiger partial charge in [-0.2, -0.15) is 13.2 Å². The standard InChI is InChI=1S/C21H20F3NO2/c1-14(26)15-5-7-17(8-6-15)20(27)25-13-3-2-4-19(25)16-9-11-18(12-10-16)21(22,23)24/h5-12,19H,2-4,13H2,1H3. The molecule has 6 heteroatoms. The summed E-state index contributed by atoms with van der Waals surface area (Å²) in [6.07, 6.45) is -1.89. The van der Waals surface area contributed by atoms with Crippen LogP contribution in [0.1, 0.15) is 64.1 Å². The molecule has 1 saturated heterocycles. The highest BCUT2D eigenvalue weighted by atomic mass is 19.4. The number of hydrogen-bond acceptors (Lipinski definition) is 2. The Morgan fingerprint density at radius 1 is 0.926 bits per heavy atom. The van der Waals surface area contributed by atoms with Gasteiger partial charge in [-0.25, -0.2) is 0 Å². The van der Waals surface area contributed by atoms with Crippen LogP contribution >= 0.6 is 0 Å². The van der Waals surface area contributed by atoms with Crippen molar-refractivity contribution in [1.29, 1.82) is 0 Å². The summed E-state index contributed by atoms with van der Waals surface area (Å²) in [5, 5.41) is 0. The molecule has 1 heterocycles. The van der Waals surface area contributed by atoms with E-state index < -0.39 is 11.7 Å². The van der Waals surface area contributed by atoms with E-state index in [0.717, 1.165) is 25.0 Å². The maximum absolute atomic E-state index is 13.0. The molecule has 0 bridgehead atoms. The average Bonchev–Trinajstić information content (AvgIpc) is 2.67. The summed E-state index contributed by atoms with van der Waals surface area (Å²) in [4.78, 5) is 26.1. The van der Waals surface area contributed by atoms with Crippen molar-refractivity contribution >= 4 is 11.7 Å². The fourth-order valence-electron chi connectivity index (χ4n) is 3.43. The van der Waals surface area contributed by atoms with Crippen molar-refractivity contribution < 1.29 is 22.8 Å². The van der Waals surface area contributed by atoms with Crippen molar-refractivity contribution in [3.05, 3.63) is 70.8 Å². The summed E-state index contributed by atoms with van der Waals surface area (Å²) < 4.78 is 38.4. The highest BCUT2D eigenvalue weighted by molar-refractivity contribution is 5.97. The Bertz CT molecular complexity index is 826. The number of ketones is 1. The van der Waals surface area contributed by atoms with Gasteiger partial charge in [0.05, 0.1) is 11.6 Å². The van der Waals surface area contributed by atoms with Crippen molar-refractivity contribution in [2.24, 2.45) is 0 Å². The molecule has 1 fully saturated rings. The van der Waals surface area contributed by atoms with E-state index in [4.69, 9.17) is 0 Å². The maximum atomic E-state index is 13.0. The molecule has 1 aliphatic heterocycles. The van der Waals surface area contributed by atoms with Crippen molar-refractivity contribution in [2.75, 3.05) is 6.54 Å². The van der Waals surface area contributed by atoms with Gasteiger partial charge in [0.15, 0.2) is 5.78 Å². The molecule has 2 aromatic carbocycles. The average molecular weight is 375 g/mol. The number of rotatable bonds is 3. The molecule has 0 saturated carbocycles. The van der Waals surface area contributed by atoms with Gasteiger partial charge in [0, 0.05) is 17.7 Å². The van der Waals surface area contributed by atoms with Gasteiger partial charge in [0.1, 0.15) is 0 Å². The highest BCUT2D eigenvalue weighted by Gasteiger charge is 2.32. The molecule has 0 radical (unpaired) electrons. The van der Waals surface area contributed by atoms with Crippen LogP contribution in [0.4, 0.5) is 13.2 Å². The van der Waals surface area contributed by atoms with Gasteiger partial charge in [-0.1, -0.05) is 24.3 Å². The molecule has 27 heavy (non-hydrogen) atoms. The SMILES string of the molecule is CC(=O)c1ccc(C(=O)N2CCCCC2c2ccc(C(F)(F)F)cc2)cc1. The number of hydrogen-bond donors (Lipinski definition) is 0. The monoisotopic (exact) mass is 375 g/mol. The van der Waals surface area contributed by atoms with Gasteiger partial charge in [-0.15, -0.1) is 0 Å². The van der Waals surface area contributed by atoms with E-state index in [9.17, 15) is 22.8 Å². The molecule has 1 atom stereocenters. The first-order chi connectivity index (χ1) is 12.8. The summed E-state index contributed by atoms with van der Waals surface area (Å²) in [6.45, 7) is 2.01. The molecule has 0 N–H and O–H groups in total. The lowest BCUT2D eigenvalue weighted by atomic mass is 9.93. The van der Waals surface area contributed by atoms with Crippen molar-refractivity contribution in [2.45, 2.75) is 38.4 Å². The molecule has 3 rings (SSSR count). The Morgan fingerprint density at radius 3 is 2.07 bits per heavy atom. The van der Waals surface area contributed by atoms with Crippen LogP contribution in [0.2, 0.25) is 0 Å². The van der Waals surface area contributed by atoms with Gasteiger partial charge in [0.2, 0.25) is 0 Å². The number of amides is 1. The van der Waals surface area contributed by atoms with Crippen LogP contribution in [-0.4, -0.2) is 23.1 Å². The fourth-order valence-corrected chi connectivity index (χ4v) is 3.43. The van der Waals surface area contributed by atoms with E-state index in [1.54, 1.807) is 29.2 Å². The molecular weight excluding hydrogens is 355 g/mol. The minimum atomic E-state index is -4.38. The minimum absolute atomic E-state index is 0.0744. The van der Waals surface area contributed by atoms with Crippen LogP contribution in [0.3, 0.4) is 0 Å². The van der Waals surface area contributed by atoms with Crippen molar-refractivity contribution in [3.8, 4) is 0 Å². The summed E-state index contributed by atoms with van der Waals surface area (Å²) in [5.74, 6) is -0.246. The maximum Gasteiger partial charge on any atom is 0.416 e. The molecular formula is C21H20F3NO2. The molecule has 142 valence electrons. The van der Waals surface area contributed by atoms with Crippen LogP contribution in [0, 0.1) is 0 Å². The second-order valence-corrected chi connectivity index (χ2v) is 6.76. The number of halogens is 3. The van der Waals surface area contributed by atoms with Gasteiger partial charge >= 0.3 is 6.18 Å². The van der Waals surface area contributed by atoms with E-state index in [1.807, 2.05) is 0 Å². The number of piperidine rings is 1. The second-order valence-electron chi connectivity index (χ2n) is 6.76. The largest absolute Gasteiger partial charge is 0.416 e. The second kappa shape index (κ2) is 7.55. The predicted molar refractivity (Wildman–Crippen MR) is 95.5 cm³/mol. The Hall–Kier alpha value is -2.63. The van der Waals surface area contributed by atoms with Crippen LogP contribution < -0.4 is 0 Å². The van der Waals surface area contributed by atoms with E-state index >= 15 is 0 Å². The van der Waals surface area contributed by atoms with Gasteiger partial charge in [0.25, 0.3) is 5.91 Å². The number of benzene rings is 2. The van der Waals surface area contributed by atoms with E-state index in [1.165, 1.54) is 19.1 Å². The lowest BCUT2D eigenvalue weighted by Crippen LogP contribution is -2.38. The van der Waals surface area contributed by atoms with Gasteiger partial charge in [-0.05, 0) is 56.0 Å². The fraction of sp³-hybridized carbons (Fsp3) is 0.333. The Labute approximate surface area is 155 Å². The number of alkyl halides is 3. The Balaban J connectivity index is 1.84.